The van der Waals surface area contributed by atoms with Gasteiger partial charge in [0.05, 0.1) is 5.69 Å². The highest BCUT2D eigenvalue weighted by Crippen LogP contribution is 2.23. The number of unbranched alkanes of at least 4 members (excludes halogenated alkanes) is 1. The molecule has 0 spiro atoms. The molecular formula is C18H28N4O2. The summed E-state index contributed by atoms with van der Waals surface area (Å²) < 4.78 is 1.97. The van der Waals surface area contributed by atoms with Crippen molar-refractivity contribution in [2.75, 3.05) is 19.6 Å². The summed E-state index contributed by atoms with van der Waals surface area (Å²) in [6.45, 7) is 5.16. The molecule has 0 aliphatic carbocycles. The number of nitrogens with zero attached hydrogens (tertiary/aromatic N) is 3. The molecule has 0 unspecified atom stereocenters. The molecule has 0 atom stereocenters. The Morgan fingerprint density at radius 2 is 1.83 bits per heavy atom. The Morgan fingerprint density at radius 3 is 2.58 bits per heavy atom. The van der Waals surface area contributed by atoms with Crippen molar-refractivity contribution in [1.82, 2.24) is 19.8 Å². The quantitative estimate of drug-likeness (QED) is 0.842. The molecule has 1 fully saturated rings. The second kappa shape index (κ2) is 7.81. The summed E-state index contributed by atoms with van der Waals surface area (Å²) in [5.41, 5.74) is 1.47. The molecule has 0 aromatic carbocycles. The summed E-state index contributed by atoms with van der Waals surface area (Å²) in [6, 6.07) is 0. The molecule has 2 amide bonds. The van der Waals surface area contributed by atoms with Gasteiger partial charge in [-0.2, -0.15) is 0 Å². The molecule has 1 saturated heterocycles. The number of rotatable bonds is 5. The zero-order chi connectivity index (χ0) is 16.9. The first-order valence-electron chi connectivity index (χ1n) is 9.39. The number of piperidine rings is 1. The van der Waals surface area contributed by atoms with E-state index >= 15 is 0 Å². The summed E-state index contributed by atoms with van der Waals surface area (Å²) in [7, 11) is 0. The largest absolute Gasteiger partial charge is 0.349 e. The SMILES string of the molecule is CCCCNC(=O)c1nc(C(=O)N2CCCCC2)c2n1CCCC2. The van der Waals surface area contributed by atoms with Crippen molar-refractivity contribution in [3.63, 3.8) is 0 Å². The van der Waals surface area contributed by atoms with Gasteiger partial charge in [0.1, 0.15) is 5.69 Å². The van der Waals surface area contributed by atoms with Gasteiger partial charge in [-0.05, 0) is 44.9 Å². The molecule has 6 nitrogen and oxygen atoms in total. The summed E-state index contributed by atoms with van der Waals surface area (Å²) in [5.74, 6) is 0.276. The van der Waals surface area contributed by atoms with Gasteiger partial charge < -0.3 is 14.8 Å². The molecule has 24 heavy (non-hydrogen) atoms. The van der Waals surface area contributed by atoms with Crippen molar-refractivity contribution in [2.45, 2.75) is 64.8 Å². The lowest BCUT2D eigenvalue weighted by atomic mass is 10.1. The summed E-state index contributed by atoms with van der Waals surface area (Å²) >= 11 is 0. The number of nitrogens with one attached hydrogen (secondary N) is 1. The fraction of sp³-hybridized carbons (Fsp3) is 0.722. The Bertz CT molecular complexity index is 602. The second-order valence-electron chi connectivity index (χ2n) is 6.80. The van der Waals surface area contributed by atoms with Crippen LogP contribution in [0.25, 0.3) is 0 Å². The molecule has 0 bridgehead atoms. The number of fused-ring (bicyclic) bond motifs is 1. The first kappa shape index (κ1) is 17.0. The monoisotopic (exact) mass is 332 g/mol. The topological polar surface area (TPSA) is 67.2 Å². The Morgan fingerprint density at radius 1 is 1.08 bits per heavy atom. The maximum Gasteiger partial charge on any atom is 0.287 e. The van der Waals surface area contributed by atoms with Gasteiger partial charge in [0.25, 0.3) is 11.8 Å². The summed E-state index contributed by atoms with van der Waals surface area (Å²) in [5, 5.41) is 2.93. The van der Waals surface area contributed by atoms with Gasteiger partial charge in [-0.3, -0.25) is 9.59 Å². The van der Waals surface area contributed by atoms with Crippen molar-refractivity contribution >= 4 is 11.8 Å². The average Bonchev–Trinajstić information content (AvgIpc) is 3.02. The Hall–Kier alpha value is -1.85. The lowest BCUT2D eigenvalue weighted by Crippen LogP contribution is -2.36. The van der Waals surface area contributed by atoms with Gasteiger partial charge in [-0.1, -0.05) is 13.3 Å². The van der Waals surface area contributed by atoms with E-state index in [-0.39, 0.29) is 11.8 Å². The number of aromatic nitrogens is 2. The number of amides is 2. The lowest BCUT2D eigenvalue weighted by molar-refractivity contribution is 0.0717. The van der Waals surface area contributed by atoms with E-state index in [2.05, 4.69) is 17.2 Å². The highest BCUT2D eigenvalue weighted by atomic mass is 16.2. The minimum atomic E-state index is -0.149. The Kier molecular flexibility index (Phi) is 5.53. The van der Waals surface area contributed by atoms with Gasteiger partial charge in [0.2, 0.25) is 0 Å². The van der Waals surface area contributed by atoms with Gasteiger partial charge in [-0.25, -0.2) is 4.98 Å². The van der Waals surface area contributed by atoms with Crippen molar-refractivity contribution in [1.29, 1.82) is 0 Å². The molecular weight excluding hydrogens is 304 g/mol. The predicted molar refractivity (Wildman–Crippen MR) is 92.2 cm³/mol. The number of imidazole rings is 1. The zero-order valence-electron chi connectivity index (χ0n) is 14.6. The molecule has 2 aliphatic heterocycles. The second-order valence-corrected chi connectivity index (χ2v) is 6.80. The lowest BCUT2D eigenvalue weighted by Gasteiger charge is -2.26. The number of carbonyl (C=O) groups excluding carboxylic acids is 2. The van der Waals surface area contributed by atoms with Crippen LogP contribution < -0.4 is 5.32 Å². The van der Waals surface area contributed by atoms with Gasteiger partial charge in [-0.15, -0.1) is 0 Å². The van der Waals surface area contributed by atoms with Crippen LogP contribution in [-0.2, 0) is 13.0 Å². The first-order chi connectivity index (χ1) is 11.7. The zero-order valence-corrected chi connectivity index (χ0v) is 14.6. The minimum Gasteiger partial charge on any atom is -0.349 e. The third-order valence-electron chi connectivity index (χ3n) is 4.98. The van der Waals surface area contributed by atoms with Gasteiger partial charge >= 0.3 is 0 Å². The van der Waals surface area contributed by atoms with Crippen LogP contribution in [0.5, 0.6) is 0 Å². The molecule has 0 radical (unpaired) electrons. The highest BCUT2D eigenvalue weighted by molar-refractivity contribution is 5.97. The third-order valence-corrected chi connectivity index (χ3v) is 4.98. The van der Waals surface area contributed by atoms with Crippen LogP contribution >= 0.6 is 0 Å². The van der Waals surface area contributed by atoms with E-state index < -0.39 is 0 Å². The van der Waals surface area contributed by atoms with Crippen molar-refractivity contribution < 1.29 is 9.59 Å². The van der Waals surface area contributed by atoms with Crippen molar-refractivity contribution in [3.05, 3.63) is 17.2 Å². The predicted octanol–water partition coefficient (Wildman–Crippen LogP) is 2.38. The van der Waals surface area contributed by atoms with Gasteiger partial charge in [0, 0.05) is 26.2 Å². The van der Waals surface area contributed by atoms with E-state index in [0.717, 1.165) is 70.3 Å². The smallest absolute Gasteiger partial charge is 0.287 e. The fourth-order valence-corrected chi connectivity index (χ4v) is 3.59. The molecule has 3 heterocycles. The van der Waals surface area contributed by atoms with E-state index in [1.807, 2.05) is 9.47 Å². The molecule has 1 aromatic heterocycles. The molecule has 0 saturated carbocycles. The molecule has 3 rings (SSSR count). The van der Waals surface area contributed by atoms with Crippen molar-refractivity contribution in [3.8, 4) is 0 Å². The molecule has 2 aliphatic rings. The van der Waals surface area contributed by atoms with Crippen LogP contribution in [0, 0.1) is 0 Å². The van der Waals surface area contributed by atoms with E-state index in [1.54, 1.807) is 0 Å². The van der Waals surface area contributed by atoms with Crippen LogP contribution in [0.3, 0.4) is 0 Å². The maximum absolute atomic E-state index is 12.9. The number of hydrogen-bond acceptors (Lipinski definition) is 3. The van der Waals surface area contributed by atoms with Gasteiger partial charge in [0.15, 0.2) is 5.82 Å². The van der Waals surface area contributed by atoms with E-state index in [4.69, 9.17) is 0 Å². The molecule has 132 valence electrons. The summed E-state index contributed by atoms with van der Waals surface area (Å²) in [4.78, 5) is 31.8. The first-order valence-corrected chi connectivity index (χ1v) is 9.39. The molecule has 1 aromatic rings. The number of likely N-dealkylation sites (tertiary alicyclic amines) is 1. The van der Waals surface area contributed by atoms with Crippen LogP contribution in [0.15, 0.2) is 0 Å². The van der Waals surface area contributed by atoms with E-state index in [0.29, 0.717) is 18.1 Å². The third kappa shape index (κ3) is 3.47. The van der Waals surface area contributed by atoms with Crippen LogP contribution in [-0.4, -0.2) is 45.9 Å². The minimum absolute atomic E-state index is 0.00737. The fourth-order valence-electron chi connectivity index (χ4n) is 3.59. The molecule has 1 N–H and O–H groups in total. The van der Waals surface area contributed by atoms with Crippen LogP contribution in [0.4, 0.5) is 0 Å². The standard InChI is InChI=1S/C18H28N4O2/c1-2-3-10-19-17(23)16-20-15(14-9-5-8-13-22(14)16)18(24)21-11-6-4-7-12-21/h2-13H2,1H3,(H,19,23). The maximum atomic E-state index is 12.9. The number of carbonyl (C=O) groups is 2. The van der Waals surface area contributed by atoms with Crippen molar-refractivity contribution in [2.24, 2.45) is 0 Å². The Balaban J connectivity index is 1.84. The normalized spacial score (nSPS) is 17.5. The highest BCUT2D eigenvalue weighted by Gasteiger charge is 2.30. The van der Waals surface area contributed by atoms with Crippen LogP contribution in [0.1, 0.15) is 78.7 Å². The summed E-state index contributed by atoms with van der Waals surface area (Å²) in [6.07, 6.45) is 8.24. The van der Waals surface area contributed by atoms with E-state index in [9.17, 15) is 9.59 Å². The average molecular weight is 332 g/mol. The van der Waals surface area contributed by atoms with Crippen LogP contribution in [0.2, 0.25) is 0 Å². The van der Waals surface area contributed by atoms with E-state index in [1.165, 1.54) is 6.42 Å². The Labute approximate surface area is 143 Å². The molecule has 6 heteroatoms. The number of hydrogen-bond donors (Lipinski definition) is 1.